The Morgan fingerprint density at radius 1 is 0.667 bits per heavy atom. The fourth-order valence-corrected chi connectivity index (χ4v) is 7.91. The molecule has 42 heavy (non-hydrogen) atoms. The summed E-state index contributed by atoms with van der Waals surface area (Å²) in [5, 5.41) is 9.08. The number of hydrogen-bond donors (Lipinski definition) is 1. The molecule has 0 aliphatic rings. The first-order valence-corrected chi connectivity index (χ1v) is 16.9. The zero-order valence-electron chi connectivity index (χ0n) is 21.9. The van der Waals surface area contributed by atoms with E-state index in [-0.39, 0.29) is 19.0 Å². The van der Waals surface area contributed by atoms with Crippen molar-refractivity contribution in [2.24, 2.45) is 0 Å². The normalized spacial score (nSPS) is 10.8. The quantitative estimate of drug-likeness (QED) is 0.0817. The van der Waals surface area contributed by atoms with E-state index in [1.54, 1.807) is 12.1 Å². The molecule has 0 atom stereocenters. The summed E-state index contributed by atoms with van der Waals surface area (Å²) in [6.07, 6.45) is -0.0316. The second-order valence-corrected chi connectivity index (χ2v) is 13.6. The highest BCUT2D eigenvalue weighted by atomic mass is 127. The minimum Gasteiger partial charge on any atom is -0.489 e. The first kappa shape index (κ1) is 33.2. The van der Waals surface area contributed by atoms with Gasteiger partial charge in [0.15, 0.2) is 5.75 Å². The van der Waals surface area contributed by atoms with Gasteiger partial charge in [-0.15, -0.1) is 0 Å². The van der Waals surface area contributed by atoms with Crippen LogP contribution in [0, 0.1) is 14.3 Å². The van der Waals surface area contributed by atoms with E-state index in [0.29, 0.717) is 36.9 Å². The van der Waals surface area contributed by atoms with Crippen LogP contribution >= 0.6 is 90.4 Å². The van der Waals surface area contributed by atoms with Crippen LogP contribution in [0.2, 0.25) is 0 Å². The predicted molar refractivity (Wildman–Crippen MR) is 192 cm³/mol. The van der Waals surface area contributed by atoms with Gasteiger partial charge in [0.05, 0.1) is 39.5 Å². The molecule has 0 radical (unpaired) electrons. The Bertz CT molecular complexity index is 1500. The zero-order chi connectivity index (χ0) is 30.1. The maximum absolute atomic E-state index is 12.3. The van der Waals surface area contributed by atoms with E-state index in [1.165, 1.54) is 0 Å². The van der Waals surface area contributed by atoms with E-state index in [1.807, 2.05) is 66.7 Å². The van der Waals surface area contributed by atoms with Crippen LogP contribution in [0.3, 0.4) is 0 Å². The highest BCUT2D eigenvalue weighted by Crippen LogP contribution is 2.37. The van der Waals surface area contributed by atoms with Crippen LogP contribution in [-0.4, -0.2) is 30.3 Å². The Labute approximate surface area is 298 Å². The van der Waals surface area contributed by atoms with Crippen LogP contribution in [0.4, 0.5) is 0 Å². The topological polar surface area (TPSA) is 91.3 Å². The summed E-state index contributed by atoms with van der Waals surface area (Å²) in [6, 6.07) is 24.2. The smallest absolute Gasteiger partial charge is 0.338 e. The lowest BCUT2D eigenvalue weighted by atomic mass is 10.1. The molecule has 0 spiro atoms. The summed E-state index contributed by atoms with van der Waals surface area (Å²) in [5.74, 6) is 0.885. The predicted octanol–water partition coefficient (Wildman–Crippen LogP) is 8.48. The lowest BCUT2D eigenvalue weighted by Gasteiger charge is -2.15. The number of halogens is 4. The number of rotatable bonds is 13. The van der Waals surface area contributed by atoms with Gasteiger partial charge < -0.3 is 24.1 Å². The highest BCUT2D eigenvalue weighted by molar-refractivity contribution is 14.1. The van der Waals surface area contributed by atoms with Gasteiger partial charge in [0, 0.05) is 0 Å². The fraction of sp³-hybridized carbons (Fsp3) is 0.161. The molecule has 11 heteroatoms. The first-order chi connectivity index (χ1) is 20.2. The summed E-state index contributed by atoms with van der Waals surface area (Å²) < 4.78 is 26.8. The highest BCUT2D eigenvalue weighted by Gasteiger charge is 2.15. The molecule has 0 fully saturated rings. The van der Waals surface area contributed by atoms with Crippen molar-refractivity contribution in [3.8, 4) is 17.2 Å². The second kappa shape index (κ2) is 16.4. The summed E-state index contributed by atoms with van der Waals surface area (Å²) in [6.45, 7) is 1.40. The number of carboxylic acid groups (broad SMARTS) is 1. The molecule has 0 saturated carbocycles. The van der Waals surface area contributed by atoms with Crippen LogP contribution in [0.1, 0.15) is 27.0 Å². The monoisotopic (exact) mass is 1020 g/mol. The zero-order valence-corrected chi connectivity index (χ0v) is 30.6. The Morgan fingerprint density at radius 3 is 1.88 bits per heavy atom. The molecule has 1 N–H and O–H groups in total. The molecule has 7 nitrogen and oxygen atoms in total. The van der Waals surface area contributed by atoms with Crippen molar-refractivity contribution in [2.75, 3.05) is 13.2 Å². The van der Waals surface area contributed by atoms with Crippen molar-refractivity contribution >= 4 is 102 Å². The van der Waals surface area contributed by atoms with Crippen LogP contribution in [0.15, 0.2) is 78.9 Å². The van der Waals surface area contributed by atoms with Gasteiger partial charge in [-0.25, -0.2) is 4.79 Å². The maximum atomic E-state index is 12.3. The van der Waals surface area contributed by atoms with Gasteiger partial charge in [0.1, 0.15) is 24.7 Å². The molecular formula is C31H24I4O7. The maximum Gasteiger partial charge on any atom is 0.338 e. The molecule has 0 aliphatic carbocycles. The average Bonchev–Trinajstić information content (AvgIpc) is 2.95. The summed E-state index contributed by atoms with van der Waals surface area (Å²) in [7, 11) is 0. The Balaban J connectivity index is 1.24. The molecule has 0 aromatic heterocycles. The van der Waals surface area contributed by atoms with Crippen LogP contribution in [0.25, 0.3) is 0 Å². The molecule has 0 heterocycles. The third kappa shape index (κ3) is 9.92. The molecule has 0 amide bonds. The van der Waals surface area contributed by atoms with Crippen LogP contribution < -0.4 is 9.47 Å². The SMILES string of the molecule is O=C(O)Cc1cc(I)c(Oc2cc(I)c(OCCOCc3ccc(C(=O)OCc4ccccc4)cc3)c(I)c2)c(I)c1. The summed E-state index contributed by atoms with van der Waals surface area (Å²) in [4.78, 5) is 23.4. The van der Waals surface area contributed by atoms with Crippen molar-refractivity contribution in [1.82, 2.24) is 0 Å². The summed E-state index contributed by atoms with van der Waals surface area (Å²) in [5.41, 5.74) is 3.11. The van der Waals surface area contributed by atoms with E-state index >= 15 is 0 Å². The summed E-state index contributed by atoms with van der Waals surface area (Å²) >= 11 is 8.77. The number of carboxylic acids is 1. The number of benzene rings is 4. The molecule has 4 aromatic rings. The van der Waals surface area contributed by atoms with Gasteiger partial charge in [-0.3, -0.25) is 4.79 Å². The van der Waals surface area contributed by atoms with Crippen molar-refractivity contribution in [2.45, 2.75) is 19.6 Å². The van der Waals surface area contributed by atoms with E-state index in [4.69, 9.17) is 24.1 Å². The number of carbonyl (C=O) groups is 2. The van der Waals surface area contributed by atoms with Crippen LogP contribution in [-0.2, 0) is 33.9 Å². The number of esters is 1. The minimum absolute atomic E-state index is 0.0316. The Hall–Kier alpha value is -1.70. The van der Waals surface area contributed by atoms with Crippen molar-refractivity contribution < 1.29 is 33.6 Å². The minimum atomic E-state index is -0.868. The van der Waals surface area contributed by atoms with Gasteiger partial charge in [0.25, 0.3) is 0 Å². The van der Waals surface area contributed by atoms with Gasteiger partial charge in [0.2, 0.25) is 0 Å². The molecule has 218 valence electrons. The molecule has 4 rings (SSSR count). The van der Waals surface area contributed by atoms with Gasteiger partial charge in [-0.1, -0.05) is 42.5 Å². The third-order valence-electron chi connectivity index (χ3n) is 5.75. The van der Waals surface area contributed by atoms with Gasteiger partial charge in [-0.05, 0) is 143 Å². The first-order valence-electron chi connectivity index (χ1n) is 12.6. The Kier molecular flexibility index (Phi) is 13.0. The molecule has 0 aliphatic heterocycles. The van der Waals surface area contributed by atoms with Crippen molar-refractivity contribution in [1.29, 1.82) is 0 Å². The van der Waals surface area contributed by atoms with E-state index in [9.17, 15) is 9.59 Å². The molecule has 0 saturated heterocycles. The Morgan fingerprint density at radius 2 is 1.26 bits per heavy atom. The van der Waals surface area contributed by atoms with E-state index < -0.39 is 5.97 Å². The van der Waals surface area contributed by atoms with Gasteiger partial charge >= 0.3 is 11.9 Å². The molecular weight excluding hydrogens is 992 g/mol. The number of hydrogen-bond acceptors (Lipinski definition) is 6. The fourth-order valence-electron chi connectivity index (χ4n) is 3.77. The molecule has 0 bridgehead atoms. The number of carbonyl (C=O) groups excluding carboxylic acids is 1. The largest absolute Gasteiger partial charge is 0.489 e. The van der Waals surface area contributed by atoms with Crippen LogP contribution in [0.5, 0.6) is 17.2 Å². The molecule has 4 aromatic carbocycles. The standard InChI is InChI=1S/C31H24I4O7/c32-24-12-21(14-28(36)37)13-25(33)30(24)42-23-15-26(34)29(27(35)16-23)40-11-10-39-17-20-6-8-22(9-7-20)31(38)41-18-19-4-2-1-3-5-19/h1-9,12-13,15-16H,10-11,14,17-18H2,(H,36,37). The lowest BCUT2D eigenvalue weighted by Crippen LogP contribution is -2.09. The number of aliphatic carboxylic acids is 1. The molecule has 0 unspecified atom stereocenters. The average molecular weight is 1020 g/mol. The van der Waals surface area contributed by atoms with E-state index in [2.05, 4.69) is 90.4 Å². The lowest BCUT2D eigenvalue weighted by molar-refractivity contribution is -0.136. The number of ether oxygens (including phenoxy) is 4. The van der Waals surface area contributed by atoms with Gasteiger partial charge in [-0.2, -0.15) is 0 Å². The van der Waals surface area contributed by atoms with Crippen molar-refractivity contribution in [3.05, 3.63) is 115 Å². The second-order valence-electron chi connectivity index (χ2n) is 8.94. The third-order valence-corrected chi connectivity index (χ3v) is 8.96. The van der Waals surface area contributed by atoms with E-state index in [0.717, 1.165) is 36.7 Å². The van der Waals surface area contributed by atoms with Crippen molar-refractivity contribution in [3.63, 3.8) is 0 Å².